The smallest absolute Gasteiger partial charge is 0.240 e. The molecule has 2 saturated heterocycles. The van der Waals surface area contributed by atoms with Gasteiger partial charge in [-0.1, -0.05) is 66.0 Å². The molecule has 0 aliphatic carbocycles. The largest absolute Gasteiger partial charge is 0.388 e. The van der Waals surface area contributed by atoms with Gasteiger partial charge in [0.2, 0.25) is 5.91 Å². The number of carbonyl (C=O) groups is 2. The van der Waals surface area contributed by atoms with Crippen LogP contribution in [0, 0.1) is 5.41 Å². The second-order valence-electron chi connectivity index (χ2n) is 11.2. The summed E-state index contributed by atoms with van der Waals surface area (Å²) in [6.45, 7) is 1.26. The second kappa shape index (κ2) is 14.4. The summed E-state index contributed by atoms with van der Waals surface area (Å²) in [5.41, 5.74) is 14.2. The Labute approximate surface area is 247 Å². The number of benzene rings is 2. The highest BCUT2D eigenvalue weighted by Crippen LogP contribution is 2.31. The number of carbonyl (C=O) groups excluding carboxylic acids is 2. The number of unbranched alkanes of at least 4 members (excludes halogenated alkanes) is 1. The molecule has 0 bridgehead atoms. The molecule has 2 aliphatic heterocycles. The number of ketones is 1. The highest BCUT2D eigenvalue weighted by molar-refractivity contribution is 6.42. The first-order valence-electron chi connectivity index (χ1n) is 14.4. The highest BCUT2D eigenvalue weighted by Gasteiger charge is 2.45. The Morgan fingerprint density at radius 2 is 1.80 bits per heavy atom. The number of nitrogens with two attached hydrogens (primary N) is 2. The summed E-state index contributed by atoms with van der Waals surface area (Å²) < 4.78 is 0. The maximum Gasteiger partial charge on any atom is 0.240 e. The monoisotopic (exact) mass is 585 g/mol. The van der Waals surface area contributed by atoms with E-state index in [4.69, 9.17) is 40.1 Å². The van der Waals surface area contributed by atoms with Crippen LogP contribution in [0.25, 0.3) is 0 Å². The van der Waals surface area contributed by atoms with E-state index in [-0.39, 0.29) is 35.7 Å². The molecule has 40 heavy (non-hydrogen) atoms. The van der Waals surface area contributed by atoms with E-state index < -0.39 is 6.04 Å². The number of amides is 1. The Hall–Kier alpha value is -2.45. The minimum absolute atomic E-state index is 0.0228. The molecule has 2 aromatic carbocycles. The molecule has 0 spiro atoms. The first-order valence-corrected chi connectivity index (χ1v) is 15.1. The van der Waals surface area contributed by atoms with Crippen molar-refractivity contribution in [3.05, 3.63) is 69.7 Å². The standard InChI is InChI=1S/C31H41Cl2N5O2/c32-25-14-11-22(18-26(25)33)12-15-29(39)27(8-4-5-9-30(35)36)37-17-16-24(13-10-21-6-2-1-3-7-21)38-20-23(34)19-28(38)31(37)40/h1-3,6-7,11,14,18,23-24,27-28H,4-5,8-10,12-13,15-17,19-20,34H2,(H3,35,36)/t23-,24?,27-,28+/m1/s1. The van der Waals surface area contributed by atoms with Crippen LogP contribution < -0.4 is 11.5 Å². The first kappa shape index (κ1) is 30.5. The van der Waals surface area contributed by atoms with E-state index in [2.05, 4.69) is 29.2 Å². The van der Waals surface area contributed by atoms with E-state index >= 15 is 0 Å². The van der Waals surface area contributed by atoms with Crippen molar-refractivity contribution in [1.29, 1.82) is 5.41 Å². The molecule has 9 heteroatoms. The van der Waals surface area contributed by atoms with Gasteiger partial charge in [0.1, 0.15) is 0 Å². The van der Waals surface area contributed by atoms with Gasteiger partial charge in [-0.2, -0.15) is 0 Å². The fourth-order valence-electron chi connectivity index (χ4n) is 6.17. The molecule has 216 valence electrons. The molecule has 4 rings (SSSR count). The van der Waals surface area contributed by atoms with E-state index in [9.17, 15) is 9.59 Å². The van der Waals surface area contributed by atoms with Crippen LogP contribution in [-0.2, 0) is 22.4 Å². The van der Waals surface area contributed by atoms with Crippen molar-refractivity contribution in [3.8, 4) is 0 Å². The number of amidine groups is 1. The zero-order chi connectivity index (χ0) is 28.6. The van der Waals surface area contributed by atoms with Gasteiger partial charge in [0, 0.05) is 38.0 Å². The molecule has 0 radical (unpaired) electrons. The summed E-state index contributed by atoms with van der Waals surface area (Å²) in [6, 6.07) is 15.2. The summed E-state index contributed by atoms with van der Waals surface area (Å²) in [4.78, 5) is 31.9. The van der Waals surface area contributed by atoms with Crippen molar-refractivity contribution < 1.29 is 9.59 Å². The molecular formula is C31H41Cl2N5O2. The molecule has 2 aromatic rings. The number of aryl methyl sites for hydroxylation is 2. The van der Waals surface area contributed by atoms with Gasteiger partial charge >= 0.3 is 0 Å². The molecule has 7 nitrogen and oxygen atoms in total. The molecule has 2 fully saturated rings. The topological polar surface area (TPSA) is 117 Å². The Morgan fingerprint density at radius 1 is 1.02 bits per heavy atom. The van der Waals surface area contributed by atoms with Crippen molar-refractivity contribution in [2.75, 3.05) is 13.1 Å². The number of halogens is 2. The van der Waals surface area contributed by atoms with Crippen molar-refractivity contribution in [1.82, 2.24) is 9.80 Å². The maximum absolute atomic E-state index is 14.0. The molecule has 5 N–H and O–H groups in total. The predicted molar refractivity (Wildman–Crippen MR) is 162 cm³/mol. The van der Waals surface area contributed by atoms with E-state index in [0.29, 0.717) is 61.7 Å². The number of fused-ring (bicyclic) bond motifs is 1. The van der Waals surface area contributed by atoms with E-state index in [1.807, 2.05) is 17.0 Å². The van der Waals surface area contributed by atoms with Crippen LogP contribution in [0.2, 0.25) is 10.0 Å². The van der Waals surface area contributed by atoms with Gasteiger partial charge in [-0.25, -0.2) is 0 Å². The van der Waals surface area contributed by atoms with Crippen LogP contribution in [-0.4, -0.2) is 64.6 Å². The Balaban J connectivity index is 1.50. The van der Waals surface area contributed by atoms with E-state index in [1.54, 1.807) is 12.1 Å². The summed E-state index contributed by atoms with van der Waals surface area (Å²) in [6.07, 6.45) is 6.64. The normalized spacial score (nSPS) is 22.1. The van der Waals surface area contributed by atoms with Gasteiger partial charge in [-0.3, -0.25) is 19.9 Å². The van der Waals surface area contributed by atoms with E-state index in [1.165, 1.54) is 5.56 Å². The number of hydrogen-bond donors (Lipinski definition) is 3. The Morgan fingerprint density at radius 3 is 2.52 bits per heavy atom. The molecule has 2 aliphatic rings. The number of nitrogens with zero attached hydrogens (tertiary/aromatic N) is 2. The third-order valence-corrected chi connectivity index (χ3v) is 9.03. The van der Waals surface area contributed by atoms with Gasteiger partial charge in [-0.15, -0.1) is 0 Å². The van der Waals surface area contributed by atoms with Crippen LogP contribution in [0.5, 0.6) is 0 Å². The lowest BCUT2D eigenvalue weighted by atomic mass is 9.96. The third kappa shape index (κ3) is 8.06. The zero-order valence-corrected chi connectivity index (χ0v) is 24.5. The van der Waals surface area contributed by atoms with Crippen LogP contribution in [0.1, 0.15) is 62.5 Å². The van der Waals surface area contributed by atoms with Crippen molar-refractivity contribution in [2.24, 2.45) is 11.5 Å². The average molecular weight is 587 g/mol. The minimum atomic E-state index is -0.506. The van der Waals surface area contributed by atoms with Crippen molar-refractivity contribution >= 4 is 40.7 Å². The second-order valence-corrected chi connectivity index (χ2v) is 12.0. The lowest BCUT2D eigenvalue weighted by Gasteiger charge is -2.32. The molecule has 4 atom stereocenters. The van der Waals surface area contributed by atoms with Crippen molar-refractivity contribution in [2.45, 2.75) is 88.4 Å². The number of Topliss-reactive ketones (excluding diaryl/α,β-unsaturated/α-hetero) is 1. The lowest BCUT2D eigenvalue weighted by Crippen LogP contribution is -2.50. The van der Waals surface area contributed by atoms with Gasteiger partial charge in [0.25, 0.3) is 0 Å². The van der Waals surface area contributed by atoms with Crippen LogP contribution in [0.3, 0.4) is 0 Å². The summed E-state index contributed by atoms with van der Waals surface area (Å²) in [5.74, 6) is 0.221. The molecule has 1 unspecified atom stereocenters. The SMILES string of the molecule is N=C(N)CCCC[C@H](C(=O)CCc1ccc(Cl)c(Cl)c1)N1CCC(CCc2ccccc2)N2C[C@H](N)C[C@H]2C1=O. The lowest BCUT2D eigenvalue weighted by molar-refractivity contribution is -0.142. The molecular weight excluding hydrogens is 545 g/mol. The Bertz CT molecular complexity index is 1180. The predicted octanol–water partition coefficient (Wildman–Crippen LogP) is 5.00. The van der Waals surface area contributed by atoms with Gasteiger partial charge < -0.3 is 16.4 Å². The van der Waals surface area contributed by atoms with E-state index in [0.717, 1.165) is 31.2 Å². The Kier molecular flexibility index (Phi) is 11.0. The quantitative estimate of drug-likeness (QED) is 0.174. The van der Waals surface area contributed by atoms with Crippen LogP contribution >= 0.6 is 23.2 Å². The van der Waals surface area contributed by atoms with Gasteiger partial charge in [0.15, 0.2) is 5.78 Å². The molecule has 1 amide bonds. The van der Waals surface area contributed by atoms with Gasteiger partial charge in [-0.05, 0) is 68.2 Å². The third-order valence-electron chi connectivity index (χ3n) is 8.29. The number of hydrogen-bond acceptors (Lipinski definition) is 5. The summed E-state index contributed by atoms with van der Waals surface area (Å²) in [5, 5.41) is 8.50. The van der Waals surface area contributed by atoms with Crippen molar-refractivity contribution in [3.63, 3.8) is 0 Å². The first-order chi connectivity index (χ1) is 19.2. The summed E-state index contributed by atoms with van der Waals surface area (Å²) in [7, 11) is 0. The molecule has 0 saturated carbocycles. The minimum Gasteiger partial charge on any atom is -0.388 e. The number of nitrogens with one attached hydrogen (secondary N) is 1. The number of rotatable bonds is 13. The fourth-order valence-corrected chi connectivity index (χ4v) is 6.49. The van der Waals surface area contributed by atoms with Crippen LogP contribution in [0.15, 0.2) is 48.5 Å². The zero-order valence-electron chi connectivity index (χ0n) is 23.0. The maximum atomic E-state index is 14.0. The van der Waals surface area contributed by atoms with Crippen LogP contribution in [0.4, 0.5) is 0 Å². The fraction of sp³-hybridized carbons (Fsp3) is 0.516. The summed E-state index contributed by atoms with van der Waals surface area (Å²) >= 11 is 12.3. The molecule has 0 aromatic heterocycles. The highest BCUT2D eigenvalue weighted by atomic mass is 35.5. The van der Waals surface area contributed by atoms with Gasteiger partial charge in [0.05, 0.1) is 28.0 Å². The average Bonchev–Trinajstić information content (AvgIpc) is 3.28. The molecule has 2 heterocycles.